The maximum atomic E-state index is 4.66. The second-order valence-electron chi connectivity index (χ2n) is 5.16. The zero-order valence-electron chi connectivity index (χ0n) is 11.8. The van der Waals surface area contributed by atoms with Gasteiger partial charge in [-0.25, -0.2) is 0 Å². The highest BCUT2D eigenvalue weighted by molar-refractivity contribution is 7.81. The van der Waals surface area contributed by atoms with Gasteiger partial charge in [-0.3, -0.25) is 0 Å². The van der Waals surface area contributed by atoms with Gasteiger partial charge in [-0.15, -0.1) is 0 Å². The summed E-state index contributed by atoms with van der Waals surface area (Å²) in [4.78, 5) is 0. The Bertz CT molecular complexity index is 167. The Hall–Kier alpha value is 1.40. The minimum Gasteiger partial charge on any atom is -0.176 e. The normalized spacial score (nSPS) is 18.3. The van der Waals surface area contributed by atoms with Crippen LogP contribution in [-0.2, 0) is 0 Å². The molecule has 0 aromatic heterocycles. The van der Waals surface area contributed by atoms with Gasteiger partial charge in [0.1, 0.15) is 0 Å². The molecule has 0 aliphatic carbocycles. The molecular weight excluding hydrogens is 296 g/mol. The molecule has 0 fully saturated rings. The summed E-state index contributed by atoms with van der Waals surface area (Å²) in [6.45, 7) is 4.38. The lowest BCUT2D eigenvalue weighted by Gasteiger charge is -2.17. The second kappa shape index (κ2) is 12.2. The molecule has 110 valence electrons. The van der Waals surface area contributed by atoms with Gasteiger partial charge in [0.15, 0.2) is 0 Å². The molecule has 0 aromatic rings. The van der Waals surface area contributed by atoms with Crippen LogP contribution in [0, 0.1) is 0 Å². The molecule has 0 aliphatic rings. The van der Waals surface area contributed by atoms with Crippen molar-refractivity contribution in [3.63, 3.8) is 0 Å². The number of hydrogen-bond acceptors (Lipinski definition) is 4. The van der Waals surface area contributed by atoms with E-state index in [1.54, 1.807) is 0 Å². The molecule has 0 rings (SSSR count). The van der Waals surface area contributed by atoms with E-state index >= 15 is 0 Å². The van der Waals surface area contributed by atoms with Crippen molar-refractivity contribution in [2.24, 2.45) is 0 Å². The lowest BCUT2D eigenvalue weighted by atomic mass is 10.0. The number of rotatable bonds is 11. The van der Waals surface area contributed by atoms with Crippen LogP contribution in [0.1, 0.15) is 65.2 Å². The first-order chi connectivity index (χ1) is 8.49. The molecule has 0 N–H and O–H groups in total. The van der Waals surface area contributed by atoms with Crippen molar-refractivity contribution in [1.82, 2.24) is 0 Å². The number of thiol groups is 4. The van der Waals surface area contributed by atoms with E-state index < -0.39 is 0 Å². The SMILES string of the molecule is CCC(S)CCC(S)CCC(S)CCC(S)CC. The molecule has 0 aromatic carbocycles. The first-order valence-electron chi connectivity index (χ1n) is 7.21. The van der Waals surface area contributed by atoms with Gasteiger partial charge < -0.3 is 0 Å². The van der Waals surface area contributed by atoms with Crippen LogP contribution in [-0.4, -0.2) is 21.0 Å². The Morgan fingerprint density at radius 2 is 0.722 bits per heavy atom. The van der Waals surface area contributed by atoms with Crippen LogP contribution < -0.4 is 0 Å². The highest BCUT2D eigenvalue weighted by Gasteiger charge is 2.11. The maximum Gasteiger partial charge on any atom is 0.00176 e. The first-order valence-corrected chi connectivity index (χ1v) is 9.28. The van der Waals surface area contributed by atoms with E-state index in [0.717, 1.165) is 12.8 Å². The summed E-state index contributed by atoms with van der Waals surface area (Å²) in [5, 5.41) is 2.11. The summed E-state index contributed by atoms with van der Waals surface area (Å²) in [5.41, 5.74) is 0. The van der Waals surface area contributed by atoms with Crippen molar-refractivity contribution < 1.29 is 0 Å². The lowest BCUT2D eigenvalue weighted by molar-refractivity contribution is 0.576. The molecule has 0 saturated carbocycles. The van der Waals surface area contributed by atoms with E-state index in [1.165, 1.54) is 38.5 Å². The van der Waals surface area contributed by atoms with Gasteiger partial charge in [0.25, 0.3) is 0 Å². The van der Waals surface area contributed by atoms with Gasteiger partial charge >= 0.3 is 0 Å². The Balaban J connectivity index is 3.55. The summed E-state index contributed by atoms with van der Waals surface area (Å²) in [6.07, 6.45) is 9.36. The quantitative estimate of drug-likeness (QED) is 0.362. The van der Waals surface area contributed by atoms with E-state index in [9.17, 15) is 0 Å². The minimum atomic E-state index is 0.513. The Morgan fingerprint density at radius 3 is 0.944 bits per heavy atom. The van der Waals surface area contributed by atoms with Crippen LogP contribution in [0.25, 0.3) is 0 Å². The molecular formula is C14H30S4. The van der Waals surface area contributed by atoms with E-state index in [0.29, 0.717) is 21.0 Å². The van der Waals surface area contributed by atoms with E-state index in [1.807, 2.05) is 0 Å². The van der Waals surface area contributed by atoms with Gasteiger partial charge in [0.05, 0.1) is 0 Å². The van der Waals surface area contributed by atoms with Crippen molar-refractivity contribution in [3.8, 4) is 0 Å². The summed E-state index contributed by atoms with van der Waals surface area (Å²) < 4.78 is 0. The topological polar surface area (TPSA) is 0 Å². The predicted octanol–water partition coefficient (Wildman–Crippen LogP) is 5.34. The standard InChI is InChI=1S/C14H30S4/c1-3-11(15)5-7-13(17)9-10-14(18)8-6-12(16)4-2/h11-18H,3-10H2,1-2H3. The van der Waals surface area contributed by atoms with Crippen LogP contribution in [0.15, 0.2) is 0 Å². The third kappa shape index (κ3) is 11.2. The fraction of sp³-hybridized carbons (Fsp3) is 1.00. The van der Waals surface area contributed by atoms with E-state index in [4.69, 9.17) is 0 Å². The molecule has 4 atom stereocenters. The Kier molecular flexibility index (Phi) is 13.1. The lowest BCUT2D eigenvalue weighted by Crippen LogP contribution is -2.09. The summed E-state index contributed by atoms with van der Waals surface area (Å²) in [7, 11) is 0. The molecule has 0 spiro atoms. The molecule has 4 heteroatoms. The summed E-state index contributed by atoms with van der Waals surface area (Å²) in [5.74, 6) is 0. The van der Waals surface area contributed by atoms with Crippen LogP contribution in [0.3, 0.4) is 0 Å². The van der Waals surface area contributed by atoms with Gasteiger partial charge in [-0.2, -0.15) is 50.5 Å². The van der Waals surface area contributed by atoms with Crippen molar-refractivity contribution in [2.75, 3.05) is 0 Å². The average molecular weight is 327 g/mol. The van der Waals surface area contributed by atoms with Gasteiger partial charge in [-0.1, -0.05) is 13.8 Å². The molecule has 0 saturated heterocycles. The van der Waals surface area contributed by atoms with Gasteiger partial charge in [0, 0.05) is 21.0 Å². The maximum absolute atomic E-state index is 4.66. The van der Waals surface area contributed by atoms with Crippen LogP contribution in [0.5, 0.6) is 0 Å². The van der Waals surface area contributed by atoms with E-state index in [2.05, 4.69) is 64.4 Å². The highest BCUT2D eigenvalue weighted by Crippen LogP contribution is 2.22. The Labute approximate surface area is 136 Å². The van der Waals surface area contributed by atoms with E-state index in [-0.39, 0.29) is 0 Å². The first kappa shape index (κ1) is 19.4. The highest BCUT2D eigenvalue weighted by atomic mass is 32.1. The zero-order chi connectivity index (χ0) is 14.0. The number of hydrogen-bond donors (Lipinski definition) is 4. The largest absolute Gasteiger partial charge is 0.176 e. The Morgan fingerprint density at radius 1 is 0.500 bits per heavy atom. The van der Waals surface area contributed by atoms with Crippen LogP contribution in [0.2, 0.25) is 0 Å². The smallest absolute Gasteiger partial charge is 0.00176 e. The molecule has 4 unspecified atom stereocenters. The van der Waals surface area contributed by atoms with Crippen molar-refractivity contribution in [1.29, 1.82) is 0 Å². The van der Waals surface area contributed by atoms with Crippen LogP contribution >= 0.6 is 50.5 Å². The molecule has 0 heterocycles. The molecule has 18 heavy (non-hydrogen) atoms. The monoisotopic (exact) mass is 326 g/mol. The molecule has 0 amide bonds. The predicted molar refractivity (Wildman–Crippen MR) is 99.4 cm³/mol. The third-order valence-corrected chi connectivity index (χ3v) is 5.72. The second-order valence-corrected chi connectivity index (χ2v) is 8.09. The van der Waals surface area contributed by atoms with Crippen molar-refractivity contribution >= 4 is 50.5 Å². The minimum absolute atomic E-state index is 0.513. The molecule has 0 nitrogen and oxygen atoms in total. The van der Waals surface area contributed by atoms with Gasteiger partial charge in [0.2, 0.25) is 0 Å². The fourth-order valence-corrected chi connectivity index (χ4v) is 2.75. The van der Waals surface area contributed by atoms with Crippen LogP contribution in [0.4, 0.5) is 0 Å². The molecule has 0 bridgehead atoms. The summed E-state index contributed by atoms with van der Waals surface area (Å²) >= 11 is 18.4. The van der Waals surface area contributed by atoms with Crippen molar-refractivity contribution in [3.05, 3.63) is 0 Å². The third-order valence-electron chi connectivity index (χ3n) is 3.44. The zero-order valence-corrected chi connectivity index (χ0v) is 15.3. The van der Waals surface area contributed by atoms with Gasteiger partial charge in [-0.05, 0) is 51.4 Å². The molecule has 0 radical (unpaired) electrons. The fourth-order valence-electron chi connectivity index (χ4n) is 1.85. The van der Waals surface area contributed by atoms with Crippen molar-refractivity contribution in [2.45, 2.75) is 86.2 Å². The summed E-state index contributed by atoms with van der Waals surface area (Å²) in [6, 6.07) is 0. The molecule has 0 aliphatic heterocycles. The average Bonchev–Trinajstić information content (AvgIpc) is 2.39.